The van der Waals surface area contributed by atoms with E-state index in [-0.39, 0.29) is 12.5 Å². The van der Waals surface area contributed by atoms with Crippen LogP contribution < -0.4 is 10.1 Å². The maximum Gasteiger partial charge on any atom is 0.258 e. The molecule has 0 unspecified atom stereocenters. The van der Waals surface area contributed by atoms with Crippen LogP contribution in [0.1, 0.15) is 22.3 Å². The fourth-order valence-corrected chi connectivity index (χ4v) is 2.79. The zero-order chi connectivity index (χ0) is 18.4. The average Bonchev–Trinajstić information content (AvgIpc) is 3.12. The number of carbonyl (C=O) groups is 1. The molecule has 5 heteroatoms. The Hall–Kier alpha value is -3.08. The van der Waals surface area contributed by atoms with Gasteiger partial charge in [0, 0.05) is 25.5 Å². The first kappa shape index (κ1) is 17.7. The number of benzene rings is 2. The monoisotopic (exact) mass is 349 g/mol. The van der Waals surface area contributed by atoms with E-state index in [1.165, 1.54) is 11.1 Å². The summed E-state index contributed by atoms with van der Waals surface area (Å²) in [5.41, 5.74) is 4.43. The van der Waals surface area contributed by atoms with Gasteiger partial charge in [-0.05, 0) is 36.6 Å². The highest BCUT2D eigenvalue weighted by molar-refractivity contribution is 5.77. The van der Waals surface area contributed by atoms with Gasteiger partial charge in [0.1, 0.15) is 5.75 Å². The number of nitrogens with zero attached hydrogens (tertiary/aromatic N) is 2. The van der Waals surface area contributed by atoms with Gasteiger partial charge in [0.2, 0.25) is 0 Å². The van der Waals surface area contributed by atoms with Crippen LogP contribution in [0, 0.1) is 13.8 Å². The Balaban J connectivity index is 1.49. The third-order valence-corrected chi connectivity index (χ3v) is 4.09. The maximum atomic E-state index is 12.1. The molecular formula is C21H23N3O2. The molecule has 0 saturated carbocycles. The van der Waals surface area contributed by atoms with Crippen molar-refractivity contribution < 1.29 is 9.53 Å². The van der Waals surface area contributed by atoms with Crippen LogP contribution in [0.3, 0.4) is 0 Å². The van der Waals surface area contributed by atoms with E-state index in [0.717, 1.165) is 23.4 Å². The summed E-state index contributed by atoms with van der Waals surface area (Å²) in [5, 5.41) is 2.90. The van der Waals surface area contributed by atoms with E-state index in [9.17, 15) is 4.79 Å². The first-order chi connectivity index (χ1) is 12.6. The van der Waals surface area contributed by atoms with Gasteiger partial charge in [0.15, 0.2) is 6.61 Å². The molecule has 26 heavy (non-hydrogen) atoms. The molecule has 1 N–H and O–H groups in total. The van der Waals surface area contributed by atoms with Crippen molar-refractivity contribution in [1.29, 1.82) is 0 Å². The van der Waals surface area contributed by atoms with Gasteiger partial charge in [0.25, 0.3) is 5.91 Å². The van der Waals surface area contributed by atoms with Crippen LogP contribution in [0.15, 0.2) is 61.2 Å². The standard InChI is InChI=1S/C21H23N3O2/c1-16-6-7-20(17(2)10-16)26-14-21(25)23-12-18-4-3-5-19(11-18)13-24-9-8-22-15-24/h3-11,15H,12-14H2,1-2H3,(H,23,25). The molecule has 0 spiro atoms. The molecule has 0 saturated heterocycles. The number of hydrogen-bond donors (Lipinski definition) is 1. The van der Waals surface area contributed by atoms with Crippen molar-refractivity contribution in [2.75, 3.05) is 6.61 Å². The minimum Gasteiger partial charge on any atom is -0.484 e. The van der Waals surface area contributed by atoms with Crippen LogP contribution >= 0.6 is 0 Å². The predicted molar refractivity (Wildman–Crippen MR) is 101 cm³/mol. The highest BCUT2D eigenvalue weighted by Gasteiger charge is 2.06. The van der Waals surface area contributed by atoms with Crippen molar-refractivity contribution in [3.05, 3.63) is 83.4 Å². The molecule has 0 fully saturated rings. The summed E-state index contributed by atoms with van der Waals surface area (Å²) >= 11 is 0. The Kier molecular flexibility index (Phi) is 5.69. The summed E-state index contributed by atoms with van der Waals surface area (Å²) in [6.45, 7) is 5.26. The van der Waals surface area contributed by atoms with Gasteiger partial charge in [0.05, 0.1) is 6.33 Å². The fourth-order valence-electron chi connectivity index (χ4n) is 2.79. The topological polar surface area (TPSA) is 56.1 Å². The van der Waals surface area contributed by atoms with Gasteiger partial charge in [-0.1, -0.05) is 42.0 Å². The van der Waals surface area contributed by atoms with Crippen molar-refractivity contribution in [1.82, 2.24) is 14.9 Å². The van der Waals surface area contributed by atoms with E-state index in [0.29, 0.717) is 6.54 Å². The lowest BCUT2D eigenvalue weighted by molar-refractivity contribution is -0.123. The lowest BCUT2D eigenvalue weighted by atomic mass is 10.1. The van der Waals surface area contributed by atoms with Crippen molar-refractivity contribution in [3.8, 4) is 5.75 Å². The molecule has 3 aromatic rings. The number of aromatic nitrogens is 2. The average molecular weight is 349 g/mol. The van der Waals surface area contributed by atoms with Gasteiger partial charge in [-0.3, -0.25) is 4.79 Å². The molecule has 0 bridgehead atoms. The molecule has 1 amide bonds. The Bertz CT molecular complexity index is 873. The van der Waals surface area contributed by atoms with Gasteiger partial charge in [-0.15, -0.1) is 0 Å². The Labute approximate surface area is 153 Å². The van der Waals surface area contributed by atoms with Crippen LogP contribution in [0.25, 0.3) is 0 Å². The van der Waals surface area contributed by atoms with E-state index >= 15 is 0 Å². The number of amides is 1. The lowest BCUT2D eigenvalue weighted by Gasteiger charge is -2.11. The zero-order valence-corrected chi connectivity index (χ0v) is 15.1. The van der Waals surface area contributed by atoms with Crippen LogP contribution in [-0.2, 0) is 17.9 Å². The second-order valence-electron chi connectivity index (χ2n) is 6.39. The van der Waals surface area contributed by atoms with Crippen molar-refractivity contribution in [2.45, 2.75) is 26.9 Å². The number of ether oxygens (including phenoxy) is 1. The molecule has 0 atom stereocenters. The van der Waals surface area contributed by atoms with Crippen LogP contribution in [0.5, 0.6) is 5.75 Å². The number of rotatable bonds is 7. The van der Waals surface area contributed by atoms with E-state index in [4.69, 9.17) is 4.74 Å². The Morgan fingerprint density at radius 1 is 1.15 bits per heavy atom. The van der Waals surface area contributed by atoms with Crippen molar-refractivity contribution in [3.63, 3.8) is 0 Å². The Morgan fingerprint density at radius 2 is 2.00 bits per heavy atom. The summed E-state index contributed by atoms with van der Waals surface area (Å²) in [5.74, 6) is 0.609. The van der Waals surface area contributed by atoms with Gasteiger partial charge in [-0.25, -0.2) is 4.98 Å². The summed E-state index contributed by atoms with van der Waals surface area (Å²) in [6, 6.07) is 14.1. The third kappa shape index (κ3) is 4.96. The number of hydrogen-bond acceptors (Lipinski definition) is 3. The van der Waals surface area contributed by atoms with E-state index in [2.05, 4.69) is 22.4 Å². The maximum absolute atomic E-state index is 12.1. The minimum atomic E-state index is -0.134. The zero-order valence-electron chi connectivity index (χ0n) is 15.1. The van der Waals surface area contributed by atoms with Crippen LogP contribution in [0.4, 0.5) is 0 Å². The summed E-state index contributed by atoms with van der Waals surface area (Å²) < 4.78 is 7.62. The predicted octanol–water partition coefficient (Wildman–Crippen LogP) is 3.24. The lowest BCUT2D eigenvalue weighted by Crippen LogP contribution is -2.28. The SMILES string of the molecule is Cc1ccc(OCC(=O)NCc2cccc(Cn3ccnc3)c2)c(C)c1. The number of imidazole rings is 1. The van der Waals surface area contributed by atoms with Gasteiger partial charge < -0.3 is 14.6 Å². The molecule has 134 valence electrons. The van der Waals surface area contributed by atoms with Crippen molar-refractivity contribution in [2.24, 2.45) is 0 Å². The van der Waals surface area contributed by atoms with Gasteiger partial charge in [-0.2, -0.15) is 0 Å². The summed E-state index contributed by atoms with van der Waals surface area (Å²) in [6.07, 6.45) is 5.48. The molecule has 0 radical (unpaired) electrons. The molecule has 0 aliphatic rings. The highest BCUT2D eigenvalue weighted by atomic mass is 16.5. The second-order valence-corrected chi connectivity index (χ2v) is 6.39. The molecular weight excluding hydrogens is 326 g/mol. The molecule has 0 aliphatic heterocycles. The molecule has 0 aliphatic carbocycles. The summed E-state index contributed by atoms with van der Waals surface area (Å²) in [7, 11) is 0. The van der Waals surface area contributed by atoms with Gasteiger partial charge >= 0.3 is 0 Å². The van der Waals surface area contributed by atoms with Crippen LogP contribution in [-0.4, -0.2) is 22.1 Å². The first-order valence-corrected chi connectivity index (χ1v) is 8.60. The van der Waals surface area contributed by atoms with E-state index in [1.54, 1.807) is 12.5 Å². The number of aryl methyl sites for hydroxylation is 2. The van der Waals surface area contributed by atoms with E-state index in [1.807, 2.05) is 54.9 Å². The number of carbonyl (C=O) groups excluding carboxylic acids is 1. The molecule has 1 heterocycles. The fraction of sp³-hybridized carbons (Fsp3) is 0.238. The summed E-state index contributed by atoms with van der Waals surface area (Å²) in [4.78, 5) is 16.1. The molecule has 2 aromatic carbocycles. The quantitative estimate of drug-likeness (QED) is 0.712. The van der Waals surface area contributed by atoms with E-state index < -0.39 is 0 Å². The highest BCUT2D eigenvalue weighted by Crippen LogP contribution is 2.18. The second kappa shape index (κ2) is 8.34. The smallest absolute Gasteiger partial charge is 0.258 e. The molecule has 1 aromatic heterocycles. The third-order valence-electron chi connectivity index (χ3n) is 4.09. The normalized spacial score (nSPS) is 10.5. The number of nitrogens with one attached hydrogen (secondary N) is 1. The Morgan fingerprint density at radius 3 is 2.77 bits per heavy atom. The largest absolute Gasteiger partial charge is 0.484 e. The molecule has 5 nitrogen and oxygen atoms in total. The first-order valence-electron chi connectivity index (χ1n) is 8.60. The van der Waals surface area contributed by atoms with Crippen molar-refractivity contribution >= 4 is 5.91 Å². The minimum absolute atomic E-state index is 0.0125. The van der Waals surface area contributed by atoms with Crippen LogP contribution in [0.2, 0.25) is 0 Å². The molecule has 3 rings (SSSR count).